The number of esters is 1. The van der Waals surface area contributed by atoms with E-state index in [9.17, 15) is 4.79 Å². The average molecular weight is 264 g/mol. The molecule has 2 aromatic carbocycles. The highest BCUT2D eigenvalue weighted by Crippen LogP contribution is 2.32. The highest BCUT2D eigenvalue weighted by atomic mass is 16.5. The van der Waals surface area contributed by atoms with Crippen LogP contribution in [0.5, 0.6) is 0 Å². The maximum Gasteiger partial charge on any atom is 0.303 e. The zero-order valence-corrected chi connectivity index (χ0v) is 11.3. The minimum absolute atomic E-state index is 0.111. The molecule has 2 heteroatoms. The Morgan fingerprint density at radius 3 is 2.45 bits per heavy atom. The third-order valence-corrected chi connectivity index (χ3v) is 3.52. The maximum atomic E-state index is 11.4. The fourth-order valence-electron chi connectivity index (χ4n) is 2.58. The summed E-state index contributed by atoms with van der Waals surface area (Å²) in [4.78, 5) is 11.4. The summed E-state index contributed by atoms with van der Waals surface area (Å²) < 4.78 is 5.53. The molecule has 20 heavy (non-hydrogen) atoms. The fourth-order valence-corrected chi connectivity index (χ4v) is 2.58. The van der Waals surface area contributed by atoms with Crippen LogP contribution in [0.15, 0.2) is 66.8 Å². The lowest BCUT2D eigenvalue weighted by molar-refractivity contribution is -0.147. The number of carbonyl (C=O) groups is 1. The zero-order valence-electron chi connectivity index (χ0n) is 11.3. The van der Waals surface area contributed by atoms with Gasteiger partial charge in [-0.25, -0.2) is 0 Å². The Labute approximate surface area is 118 Å². The number of hydrogen-bond acceptors (Lipinski definition) is 2. The molecule has 0 aliphatic heterocycles. The molecule has 1 unspecified atom stereocenters. The van der Waals surface area contributed by atoms with Gasteiger partial charge in [-0.2, -0.15) is 0 Å². The second-order valence-corrected chi connectivity index (χ2v) is 4.98. The van der Waals surface area contributed by atoms with Crippen LogP contribution in [-0.2, 0) is 9.53 Å². The fraction of sp³-hybridized carbons (Fsp3) is 0.167. The lowest BCUT2D eigenvalue weighted by atomic mass is 9.95. The number of allylic oxidation sites excluding steroid dienone is 2. The third-order valence-electron chi connectivity index (χ3n) is 3.52. The van der Waals surface area contributed by atoms with Gasteiger partial charge in [0.15, 0.2) is 0 Å². The standard InChI is InChI=1S/C18H16O2/c1-13(19)20-18(15-7-3-4-8-15)17-11-10-14-6-2-5-9-16(14)12-17/h2-12,15,18H,1H3. The van der Waals surface area contributed by atoms with Crippen molar-refractivity contribution in [3.8, 4) is 0 Å². The van der Waals surface area contributed by atoms with E-state index in [1.807, 2.05) is 30.4 Å². The first kappa shape index (κ1) is 12.7. The molecule has 0 N–H and O–H groups in total. The summed E-state index contributed by atoms with van der Waals surface area (Å²) in [5.74, 6) is -0.142. The van der Waals surface area contributed by atoms with E-state index in [0.29, 0.717) is 0 Å². The molecule has 0 amide bonds. The molecular weight excluding hydrogens is 248 g/mol. The normalized spacial score (nSPS) is 15.7. The van der Waals surface area contributed by atoms with Gasteiger partial charge in [0.1, 0.15) is 6.10 Å². The SMILES string of the molecule is CC(=O)OC(c1ccc2ccccc2c1)C1C=CC=C1. The largest absolute Gasteiger partial charge is 0.457 e. The van der Waals surface area contributed by atoms with Gasteiger partial charge in [0, 0.05) is 12.8 Å². The van der Waals surface area contributed by atoms with Crippen LogP contribution in [0.25, 0.3) is 10.8 Å². The Morgan fingerprint density at radius 2 is 1.75 bits per heavy atom. The van der Waals surface area contributed by atoms with E-state index in [2.05, 4.69) is 36.4 Å². The number of fused-ring (bicyclic) bond motifs is 1. The topological polar surface area (TPSA) is 26.3 Å². The molecule has 100 valence electrons. The van der Waals surface area contributed by atoms with Crippen molar-refractivity contribution in [2.75, 3.05) is 0 Å². The van der Waals surface area contributed by atoms with Crippen LogP contribution >= 0.6 is 0 Å². The van der Waals surface area contributed by atoms with Crippen molar-refractivity contribution >= 4 is 16.7 Å². The van der Waals surface area contributed by atoms with E-state index in [0.717, 1.165) is 10.9 Å². The van der Waals surface area contributed by atoms with Crippen LogP contribution in [0.4, 0.5) is 0 Å². The number of hydrogen-bond donors (Lipinski definition) is 0. The van der Waals surface area contributed by atoms with Crippen LogP contribution in [0.2, 0.25) is 0 Å². The molecule has 2 aromatic rings. The van der Waals surface area contributed by atoms with E-state index in [-0.39, 0.29) is 18.0 Å². The molecule has 1 aliphatic rings. The van der Waals surface area contributed by atoms with Gasteiger partial charge in [-0.1, -0.05) is 60.7 Å². The average Bonchev–Trinajstić information content (AvgIpc) is 2.98. The van der Waals surface area contributed by atoms with E-state index in [4.69, 9.17) is 4.74 Å². The Balaban J connectivity index is 2.01. The maximum absolute atomic E-state index is 11.4. The van der Waals surface area contributed by atoms with Crippen molar-refractivity contribution < 1.29 is 9.53 Å². The Bertz CT molecular complexity index is 685. The predicted molar refractivity (Wildman–Crippen MR) is 80.2 cm³/mol. The number of rotatable bonds is 3. The quantitative estimate of drug-likeness (QED) is 0.777. The second-order valence-electron chi connectivity index (χ2n) is 4.98. The molecule has 0 aromatic heterocycles. The molecule has 2 nitrogen and oxygen atoms in total. The van der Waals surface area contributed by atoms with Gasteiger partial charge >= 0.3 is 5.97 Å². The Hall–Kier alpha value is -2.35. The summed E-state index contributed by atoms with van der Waals surface area (Å²) in [5.41, 5.74) is 1.03. The van der Waals surface area contributed by atoms with Gasteiger partial charge in [0.25, 0.3) is 0 Å². The van der Waals surface area contributed by atoms with Gasteiger partial charge in [-0.15, -0.1) is 0 Å². The predicted octanol–water partition coefficient (Wildman–Crippen LogP) is 4.19. The Kier molecular flexibility index (Phi) is 3.38. The van der Waals surface area contributed by atoms with Crippen molar-refractivity contribution in [1.29, 1.82) is 0 Å². The summed E-state index contributed by atoms with van der Waals surface area (Å²) in [6, 6.07) is 14.4. The molecule has 3 rings (SSSR count). The number of benzene rings is 2. The van der Waals surface area contributed by atoms with Gasteiger partial charge in [0.05, 0.1) is 0 Å². The molecule has 0 spiro atoms. The molecule has 0 bridgehead atoms. The van der Waals surface area contributed by atoms with Gasteiger partial charge < -0.3 is 4.74 Å². The minimum atomic E-state index is -0.257. The van der Waals surface area contributed by atoms with Crippen molar-refractivity contribution in [1.82, 2.24) is 0 Å². The lowest BCUT2D eigenvalue weighted by Gasteiger charge is -2.21. The highest BCUT2D eigenvalue weighted by molar-refractivity contribution is 5.83. The first-order valence-corrected chi connectivity index (χ1v) is 6.75. The zero-order chi connectivity index (χ0) is 13.9. The summed E-state index contributed by atoms with van der Waals surface area (Å²) in [7, 11) is 0. The molecule has 0 saturated carbocycles. The van der Waals surface area contributed by atoms with Gasteiger partial charge in [0.2, 0.25) is 0 Å². The van der Waals surface area contributed by atoms with E-state index >= 15 is 0 Å². The third kappa shape index (κ3) is 2.50. The van der Waals surface area contributed by atoms with Crippen molar-refractivity contribution in [2.24, 2.45) is 5.92 Å². The second kappa shape index (κ2) is 5.33. The Morgan fingerprint density at radius 1 is 1.05 bits per heavy atom. The van der Waals surface area contributed by atoms with Crippen molar-refractivity contribution in [3.05, 3.63) is 72.3 Å². The molecule has 0 fully saturated rings. The first-order chi connectivity index (χ1) is 9.74. The van der Waals surface area contributed by atoms with Crippen LogP contribution < -0.4 is 0 Å². The van der Waals surface area contributed by atoms with Crippen LogP contribution in [0.1, 0.15) is 18.6 Å². The van der Waals surface area contributed by atoms with Crippen molar-refractivity contribution in [3.63, 3.8) is 0 Å². The smallest absolute Gasteiger partial charge is 0.303 e. The van der Waals surface area contributed by atoms with E-state index in [1.54, 1.807) is 0 Å². The number of ether oxygens (including phenoxy) is 1. The highest BCUT2D eigenvalue weighted by Gasteiger charge is 2.23. The first-order valence-electron chi connectivity index (χ1n) is 6.75. The van der Waals surface area contributed by atoms with E-state index < -0.39 is 0 Å². The molecular formula is C18H16O2. The molecule has 1 aliphatic carbocycles. The summed E-state index contributed by atoms with van der Waals surface area (Å²) in [6.45, 7) is 1.45. The minimum Gasteiger partial charge on any atom is -0.457 e. The van der Waals surface area contributed by atoms with Crippen LogP contribution in [0, 0.1) is 5.92 Å². The molecule has 1 atom stereocenters. The van der Waals surface area contributed by atoms with Crippen LogP contribution in [0.3, 0.4) is 0 Å². The summed E-state index contributed by atoms with van der Waals surface area (Å²) in [5, 5.41) is 2.35. The molecule has 0 radical (unpaired) electrons. The summed E-state index contributed by atoms with van der Waals surface area (Å²) >= 11 is 0. The molecule has 0 saturated heterocycles. The summed E-state index contributed by atoms with van der Waals surface area (Å²) in [6.07, 6.45) is 7.84. The van der Waals surface area contributed by atoms with Gasteiger partial charge in [-0.05, 0) is 22.4 Å². The van der Waals surface area contributed by atoms with Gasteiger partial charge in [-0.3, -0.25) is 4.79 Å². The number of carbonyl (C=O) groups excluding carboxylic acids is 1. The van der Waals surface area contributed by atoms with E-state index in [1.165, 1.54) is 12.3 Å². The van der Waals surface area contributed by atoms with Crippen molar-refractivity contribution in [2.45, 2.75) is 13.0 Å². The monoisotopic (exact) mass is 264 g/mol. The molecule has 0 heterocycles. The van der Waals surface area contributed by atoms with Crippen LogP contribution in [-0.4, -0.2) is 5.97 Å². The lowest BCUT2D eigenvalue weighted by Crippen LogP contribution is -2.15.